The van der Waals surface area contributed by atoms with E-state index in [1.807, 2.05) is 43.7 Å². The topological polar surface area (TPSA) is 39.1 Å². The van der Waals surface area contributed by atoms with Gasteiger partial charge in [-0.3, -0.25) is 0 Å². The lowest BCUT2D eigenvalue weighted by atomic mass is 10.2. The highest BCUT2D eigenvalue weighted by molar-refractivity contribution is 5.74. The van der Waals surface area contributed by atoms with E-state index in [0.29, 0.717) is 6.61 Å². The molecule has 4 heteroatoms. The molecule has 0 unspecified atom stereocenters. The fourth-order valence-corrected chi connectivity index (χ4v) is 2.36. The van der Waals surface area contributed by atoms with E-state index in [2.05, 4.69) is 33.1 Å². The van der Waals surface area contributed by atoms with Crippen LogP contribution in [0.4, 0.5) is 0 Å². The normalized spacial score (nSPS) is 10.9. The third-order valence-electron chi connectivity index (χ3n) is 3.43. The summed E-state index contributed by atoms with van der Waals surface area (Å²) >= 11 is 0. The van der Waals surface area contributed by atoms with Crippen molar-refractivity contribution in [2.45, 2.75) is 13.1 Å². The fourth-order valence-electron chi connectivity index (χ4n) is 2.36. The van der Waals surface area contributed by atoms with Gasteiger partial charge in [0.2, 0.25) is 0 Å². The van der Waals surface area contributed by atoms with Gasteiger partial charge in [0, 0.05) is 6.54 Å². The molecule has 0 fully saturated rings. The van der Waals surface area contributed by atoms with Crippen LogP contribution in [-0.2, 0) is 13.1 Å². The second kappa shape index (κ2) is 6.41. The van der Waals surface area contributed by atoms with Gasteiger partial charge in [-0.15, -0.1) is 0 Å². The lowest BCUT2D eigenvalue weighted by Crippen LogP contribution is -2.07. The number of fused-ring (bicyclic) bond motifs is 1. The molecule has 0 aliphatic heterocycles. The number of hydrogen-bond acceptors (Lipinski definition) is 3. The molecule has 0 aliphatic carbocycles. The van der Waals surface area contributed by atoms with E-state index in [9.17, 15) is 0 Å². The molecule has 0 radical (unpaired) electrons. The highest BCUT2D eigenvalue weighted by Gasteiger charge is 2.01. The molecule has 108 valence electrons. The van der Waals surface area contributed by atoms with Crippen LogP contribution in [0.3, 0.4) is 0 Å². The average molecular weight is 281 g/mol. The van der Waals surface area contributed by atoms with Crippen LogP contribution in [0, 0.1) is 0 Å². The highest BCUT2D eigenvalue weighted by atomic mass is 16.5. The second-order valence-electron chi connectivity index (χ2n) is 4.95. The Hall–Kier alpha value is -2.33. The van der Waals surface area contributed by atoms with Crippen molar-refractivity contribution in [3.8, 4) is 5.75 Å². The van der Waals surface area contributed by atoms with Crippen LogP contribution in [0.15, 0.2) is 54.9 Å². The summed E-state index contributed by atoms with van der Waals surface area (Å²) in [5, 5.41) is 3.13. The van der Waals surface area contributed by atoms with E-state index >= 15 is 0 Å². The Morgan fingerprint density at radius 2 is 1.90 bits per heavy atom. The Balaban J connectivity index is 1.58. The number of para-hydroxylation sites is 2. The smallest absolute Gasteiger partial charge is 0.119 e. The fraction of sp³-hybridized carbons (Fsp3) is 0.235. The van der Waals surface area contributed by atoms with Gasteiger partial charge in [-0.2, -0.15) is 0 Å². The zero-order valence-electron chi connectivity index (χ0n) is 12.1. The maximum atomic E-state index is 5.79. The Morgan fingerprint density at radius 3 is 2.71 bits per heavy atom. The summed E-state index contributed by atoms with van der Waals surface area (Å²) in [6, 6.07) is 16.3. The van der Waals surface area contributed by atoms with Crippen molar-refractivity contribution in [1.82, 2.24) is 14.9 Å². The SMILES string of the molecule is CNCc1ccc(OCCn2cnc3ccccc32)cc1. The van der Waals surface area contributed by atoms with Gasteiger partial charge in [0.05, 0.1) is 23.9 Å². The van der Waals surface area contributed by atoms with E-state index in [4.69, 9.17) is 4.74 Å². The van der Waals surface area contributed by atoms with Crippen LogP contribution < -0.4 is 10.1 Å². The summed E-state index contributed by atoms with van der Waals surface area (Å²) in [7, 11) is 1.94. The maximum Gasteiger partial charge on any atom is 0.119 e. The van der Waals surface area contributed by atoms with Crippen LogP contribution in [0.1, 0.15) is 5.56 Å². The molecule has 3 rings (SSSR count). The predicted octanol–water partition coefficient (Wildman–Crippen LogP) is 2.83. The largest absolute Gasteiger partial charge is 0.492 e. The Kier molecular flexibility index (Phi) is 4.17. The first-order chi connectivity index (χ1) is 10.4. The molecule has 1 aromatic heterocycles. The van der Waals surface area contributed by atoms with Crippen molar-refractivity contribution in [3.63, 3.8) is 0 Å². The van der Waals surface area contributed by atoms with Gasteiger partial charge in [-0.25, -0.2) is 4.98 Å². The minimum Gasteiger partial charge on any atom is -0.492 e. The second-order valence-corrected chi connectivity index (χ2v) is 4.95. The lowest BCUT2D eigenvalue weighted by molar-refractivity contribution is 0.300. The zero-order valence-corrected chi connectivity index (χ0v) is 12.1. The van der Waals surface area contributed by atoms with Crippen molar-refractivity contribution >= 4 is 11.0 Å². The molecule has 3 aromatic rings. The minimum atomic E-state index is 0.631. The standard InChI is InChI=1S/C17H19N3O/c1-18-12-14-6-8-15(9-7-14)21-11-10-20-13-19-16-4-2-3-5-17(16)20/h2-9,13,18H,10-12H2,1H3. The van der Waals surface area contributed by atoms with Gasteiger partial charge >= 0.3 is 0 Å². The summed E-state index contributed by atoms with van der Waals surface area (Å²) in [4.78, 5) is 4.38. The number of nitrogens with one attached hydrogen (secondary N) is 1. The summed E-state index contributed by atoms with van der Waals surface area (Å²) in [6.07, 6.45) is 1.87. The first-order valence-corrected chi connectivity index (χ1v) is 7.13. The Labute approximate surface area is 124 Å². The van der Waals surface area contributed by atoms with Crippen molar-refractivity contribution in [1.29, 1.82) is 0 Å². The van der Waals surface area contributed by atoms with Crippen molar-refractivity contribution in [3.05, 3.63) is 60.4 Å². The molecule has 0 spiro atoms. The number of benzene rings is 2. The number of hydrogen-bond donors (Lipinski definition) is 1. The molecule has 0 saturated carbocycles. The summed E-state index contributed by atoms with van der Waals surface area (Å²) in [5.41, 5.74) is 3.42. The number of aromatic nitrogens is 2. The molecule has 0 aliphatic rings. The van der Waals surface area contributed by atoms with Gasteiger partial charge in [-0.05, 0) is 36.9 Å². The lowest BCUT2D eigenvalue weighted by Gasteiger charge is -2.08. The quantitative estimate of drug-likeness (QED) is 0.755. The van der Waals surface area contributed by atoms with Crippen LogP contribution in [0.25, 0.3) is 11.0 Å². The van der Waals surface area contributed by atoms with E-state index in [-0.39, 0.29) is 0 Å². The molecule has 0 bridgehead atoms. The van der Waals surface area contributed by atoms with Crippen molar-refractivity contribution < 1.29 is 4.74 Å². The predicted molar refractivity (Wildman–Crippen MR) is 84.4 cm³/mol. The van der Waals surface area contributed by atoms with Gasteiger partial charge in [0.1, 0.15) is 12.4 Å². The van der Waals surface area contributed by atoms with Gasteiger partial charge in [-0.1, -0.05) is 24.3 Å². The molecule has 1 heterocycles. The molecular weight excluding hydrogens is 262 g/mol. The number of ether oxygens (including phenoxy) is 1. The monoisotopic (exact) mass is 281 g/mol. The van der Waals surface area contributed by atoms with E-state index in [1.54, 1.807) is 0 Å². The molecule has 0 amide bonds. The van der Waals surface area contributed by atoms with Crippen LogP contribution >= 0.6 is 0 Å². The molecule has 4 nitrogen and oxygen atoms in total. The first-order valence-electron chi connectivity index (χ1n) is 7.13. The van der Waals surface area contributed by atoms with Crippen molar-refractivity contribution in [2.75, 3.05) is 13.7 Å². The Bertz CT molecular complexity index is 703. The van der Waals surface area contributed by atoms with Gasteiger partial charge in [0.25, 0.3) is 0 Å². The third kappa shape index (κ3) is 3.23. The van der Waals surface area contributed by atoms with E-state index in [1.165, 1.54) is 5.56 Å². The van der Waals surface area contributed by atoms with Crippen molar-refractivity contribution in [2.24, 2.45) is 0 Å². The maximum absolute atomic E-state index is 5.79. The molecular formula is C17H19N3O. The number of nitrogens with zero attached hydrogens (tertiary/aromatic N) is 2. The third-order valence-corrected chi connectivity index (χ3v) is 3.43. The molecule has 0 atom stereocenters. The van der Waals surface area contributed by atoms with E-state index < -0.39 is 0 Å². The average Bonchev–Trinajstić information content (AvgIpc) is 2.93. The van der Waals surface area contributed by atoms with E-state index in [0.717, 1.165) is 29.9 Å². The summed E-state index contributed by atoms with van der Waals surface area (Å²) < 4.78 is 7.91. The number of imidazole rings is 1. The minimum absolute atomic E-state index is 0.631. The summed E-state index contributed by atoms with van der Waals surface area (Å²) in [5.74, 6) is 0.902. The van der Waals surface area contributed by atoms with Gasteiger partial charge < -0.3 is 14.6 Å². The highest BCUT2D eigenvalue weighted by Crippen LogP contribution is 2.14. The van der Waals surface area contributed by atoms with Crippen LogP contribution in [0.2, 0.25) is 0 Å². The molecule has 2 aromatic carbocycles. The number of rotatable bonds is 6. The van der Waals surface area contributed by atoms with Crippen LogP contribution in [-0.4, -0.2) is 23.2 Å². The summed E-state index contributed by atoms with van der Waals surface area (Å²) in [6.45, 7) is 2.30. The zero-order chi connectivity index (χ0) is 14.5. The molecule has 0 saturated heterocycles. The van der Waals surface area contributed by atoms with Gasteiger partial charge in [0.15, 0.2) is 0 Å². The Morgan fingerprint density at radius 1 is 1.10 bits per heavy atom. The molecule has 21 heavy (non-hydrogen) atoms. The molecule has 1 N–H and O–H groups in total. The van der Waals surface area contributed by atoms with Crippen LogP contribution in [0.5, 0.6) is 5.75 Å². The first kappa shape index (κ1) is 13.6.